The molecule has 0 aliphatic heterocycles. The smallest absolute Gasteiger partial charge is 0.277 e. The lowest BCUT2D eigenvalue weighted by Gasteiger charge is -2.19. The number of nitrogens with one attached hydrogen (secondary N) is 1. The molecule has 0 unspecified atom stereocenters. The Labute approximate surface area is 215 Å². The Balaban J connectivity index is 1.52. The summed E-state index contributed by atoms with van der Waals surface area (Å²) in [6, 6.07) is 18.3. The molecule has 3 rings (SSSR count). The van der Waals surface area contributed by atoms with Gasteiger partial charge in [-0.15, -0.1) is 0 Å². The van der Waals surface area contributed by atoms with Gasteiger partial charge < -0.3 is 14.2 Å². The number of halogens is 2. The zero-order valence-electron chi connectivity index (χ0n) is 20.1. The molecule has 8 heteroatoms. The Hall–Kier alpha value is -3.22. The molecule has 0 saturated carbocycles. The molecule has 3 aromatic rings. The van der Waals surface area contributed by atoms with E-state index in [1.54, 1.807) is 43.5 Å². The number of rotatable bonds is 9. The highest BCUT2D eigenvalue weighted by Crippen LogP contribution is 2.31. The maximum absolute atomic E-state index is 12.1. The fraction of sp³-hybridized carbons (Fsp3) is 0.259. The zero-order valence-corrected chi connectivity index (χ0v) is 21.6. The highest BCUT2D eigenvalue weighted by atomic mass is 35.5. The van der Waals surface area contributed by atoms with Crippen LogP contribution in [-0.4, -0.2) is 25.8 Å². The molecule has 0 radical (unpaired) electrons. The van der Waals surface area contributed by atoms with Crippen LogP contribution in [0.4, 0.5) is 0 Å². The number of hydrogen-bond donors (Lipinski definition) is 1. The van der Waals surface area contributed by atoms with Crippen LogP contribution in [0.1, 0.15) is 37.5 Å². The van der Waals surface area contributed by atoms with Crippen molar-refractivity contribution in [3.63, 3.8) is 0 Å². The number of carbonyl (C=O) groups is 1. The van der Waals surface area contributed by atoms with Crippen LogP contribution < -0.4 is 19.6 Å². The van der Waals surface area contributed by atoms with Gasteiger partial charge in [0.25, 0.3) is 5.91 Å². The summed E-state index contributed by atoms with van der Waals surface area (Å²) in [6.07, 6.45) is 1.51. The highest BCUT2D eigenvalue weighted by molar-refractivity contribution is 6.35. The average Bonchev–Trinajstić information content (AvgIpc) is 2.82. The van der Waals surface area contributed by atoms with Crippen molar-refractivity contribution in [2.24, 2.45) is 5.10 Å². The highest BCUT2D eigenvalue weighted by Gasteiger charge is 2.13. The molecule has 0 aliphatic rings. The minimum atomic E-state index is -0.371. The van der Waals surface area contributed by atoms with E-state index in [-0.39, 0.29) is 24.5 Å². The molecule has 184 valence electrons. The largest absolute Gasteiger partial charge is 0.493 e. The number of carbonyl (C=O) groups excluding carboxylic acids is 1. The quantitative estimate of drug-likeness (QED) is 0.264. The molecule has 0 fully saturated rings. The third-order valence-corrected chi connectivity index (χ3v) is 5.82. The number of hydrogen-bond acceptors (Lipinski definition) is 5. The molecule has 6 nitrogen and oxygen atoms in total. The Morgan fingerprint density at radius 1 is 0.971 bits per heavy atom. The molecule has 0 saturated heterocycles. The fourth-order valence-electron chi connectivity index (χ4n) is 3.11. The van der Waals surface area contributed by atoms with Gasteiger partial charge in [0, 0.05) is 15.6 Å². The number of amides is 1. The molecular formula is C27H28Cl2N2O4. The summed E-state index contributed by atoms with van der Waals surface area (Å²) >= 11 is 12.4. The molecule has 0 bridgehead atoms. The minimum absolute atomic E-state index is 0.0565. The first-order valence-electron chi connectivity index (χ1n) is 11.0. The average molecular weight is 515 g/mol. The van der Waals surface area contributed by atoms with E-state index in [4.69, 9.17) is 37.4 Å². The topological polar surface area (TPSA) is 69.2 Å². The predicted molar refractivity (Wildman–Crippen MR) is 140 cm³/mol. The third kappa shape index (κ3) is 7.64. The number of methoxy groups -OCH3 is 1. The van der Waals surface area contributed by atoms with Gasteiger partial charge in [0.2, 0.25) is 0 Å². The van der Waals surface area contributed by atoms with Crippen LogP contribution >= 0.6 is 23.2 Å². The second kappa shape index (κ2) is 12.0. The van der Waals surface area contributed by atoms with E-state index in [0.29, 0.717) is 38.4 Å². The van der Waals surface area contributed by atoms with Crippen molar-refractivity contribution in [2.45, 2.75) is 32.8 Å². The maximum atomic E-state index is 12.1. The lowest BCUT2D eigenvalue weighted by Crippen LogP contribution is -2.24. The van der Waals surface area contributed by atoms with Crippen molar-refractivity contribution in [1.82, 2.24) is 5.43 Å². The summed E-state index contributed by atoms with van der Waals surface area (Å²) < 4.78 is 16.8. The zero-order chi connectivity index (χ0) is 25.4. The van der Waals surface area contributed by atoms with E-state index in [0.717, 1.165) is 0 Å². The summed E-state index contributed by atoms with van der Waals surface area (Å²) in [6.45, 7) is 6.47. The Morgan fingerprint density at radius 3 is 2.29 bits per heavy atom. The predicted octanol–water partition coefficient (Wildman–Crippen LogP) is 6.41. The standard InChI is InChI=1S/C27H28Cl2N2O4/c1-27(2,3)19-9-11-20(12-10-19)34-17-26(32)31-30-15-18-8-13-24(25(14-18)33-4)35-16-21-22(28)6-5-7-23(21)29/h5-15H,16-17H2,1-4H3,(H,31,32)/b30-15+. The summed E-state index contributed by atoms with van der Waals surface area (Å²) in [5.74, 6) is 1.28. The van der Waals surface area contributed by atoms with Crippen molar-refractivity contribution in [3.05, 3.63) is 87.4 Å². The van der Waals surface area contributed by atoms with E-state index >= 15 is 0 Å². The lowest BCUT2D eigenvalue weighted by atomic mass is 9.87. The number of ether oxygens (including phenoxy) is 3. The van der Waals surface area contributed by atoms with Crippen LogP contribution in [0, 0.1) is 0 Å². The van der Waals surface area contributed by atoms with Crippen LogP contribution in [-0.2, 0) is 16.8 Å². The van der Waals surface area contributed by atoms with E-state index in [1.807, 2.05) is 24.3 Å². The van der Waals surface area contributed by atoms with Gasteiger partial charge in [-0.1, -0.05) is 62.2 Å². The van der Waals surface area contributed by atoms with E-state index in [2.05, 4.69) is 31.3 Å². The Bertz CT molecular complexity index is 1170. The van der Waals surface area contributed by atoms with E-state index in [1.165, 1.54) is 11.8 Å². The van der Waals surface area contributed by atoms with Crippen molar-refractivity contribution >= 4 is 35.3 Å². The van der Waals surface area contributed by atoms with Gasteiger partial charge in [-0.05, 0) is 59.0 Å². The van der Waals surface area contributed by atoms with Crippen LogP contribution in [0.25, 0.3) is 0 Å². The number of hydrazone groups is 1. The summed E-state index contributed by atoms with van der Waals surface area (Å²) in [5.41, 5.74) is 5.11. The molecule has 0 aliphatic carbocycles. The molecule has 35 heavy (non-hydrogen) atoms. The monoisotopic (exact) mass is 514 g/mol. The number of benzene rings is 3. The van der Waals surface area contributed by atoms with Crippen molar-refractivity contribution in [1.29, 1.82) is 0 Å². The fourth-order valence-corrected chi connectivity index (χ4v) is 3.62. The number of nitrogens with zero attached hydrogens (tertiary/aromatic N) is 1. The SMILES string of the molecule is COc1cc(/C=N/NC(=O)COc2ccc(C(C)(C)C)cc2)ccc1OCc1c(Cl)cccc1Cl. The summed E-state index contributed by atoms with van der Waals surface area (Å²) in [7, 11) is 1.54. The lowest BCUT2D eigenvalue weighted by molar-refractivity contribution is -0.123. The first-order chi connectivity index (χ1) is 16.7. The first kappa shape index (κ1) is 26.4. The van der Waals surface area contributed by atoms with Gasteiger partial charge >= 0.3 is 0 Å². The summed E-state index contributed by atoms with van der Waals surface area (Å²) in [4.78, 5) is 12.1. The van der Waals surface area contributed by atoms with Gasteiger partial charge in [-0.2, -0.15) is 5.10 Å². The van der Waals surface area contributed by atoms with Crippen molar-refractivity contribution < 1.29 is 19.0 Å². The second-order valence-corrected chi connectivity index (χ2v) is 9.57. The summed E-state index contributed by atoms with van der Waals surface area (Å²) in [5, 5.41) is 5.05. The van der Waals surface area contributed by atoms with Crippen LogP contribution in [0.5, 0.6) is 17.2 Å². The van der Waals surface area contributed by atoms with Crippen molar-refractivity contribution in [3.8, 4) is 17.2 Å². The maximum Gasteiger partial charge on any atom is 0.277 e. The van der Waals surface area contributed by atoms with Gasteiger partial charge in [0.15, 0.2) is 18.1 Å². The molecule has 1 amide bonds. The van der Waals surface area contributed by atoms with Crippen LogP contribution in [0.15, 0.2) is 65.8 Å². The molecule has 0 atom stereocenters. The Morgan fingerprint density at radius 2 is 1.66 bits per heavy atom. The Kier molecular flexibility index (Phi) is 9.01. The van der Waals surface area contributed by atoms with Gasteiger partial charge in [-0.3, -0.25) is 4.79 Å². The van der Waals surface area contributed by atoms with Crippen molar-refractivity contribution in [2.75, 3.05) is 13.7 Å². The molecule has 0 spiro atoms. The normalized spacial score (nSPS) is 11.4. The molecule has 0 aromatic heterocycles. The molecule has 0 heterocycles. The molecule has 1 N–H and O–H groups in total. The first-order valence-corrected chi connectivity index (χ1v) is 11.7. The van der Waals surface area contributed by atoms with Gasteiger partial charge in [0.1, 0.15) is 12.4 Å². The molecule has 3 aromatic carbocycles. The van der Waals surface area contributed by atoms with Crippen LogP contribution in [0.3, 0.4) is 0 Å². The van der Waals surface area contributed by atoms with E-state index in [9.17, 15) is 4.79 Å². The minimum Gasteiger partial charge on any atom is -0.493 e. The van der Waals surface area contributed by atoms with Crippen LogP contribution in [0.2, 0.25) is 10.0 Å². The third-order valence-electron chi connectivity index (χ3n) is 5.11. The van der Waals surface area contributed by atoms with Gasteiger partial charge in [-0.25, -0.2) is 5.43 Å². The second-order valence-electron chi connectivity index (χ2n) is 8.76. The van der Waals surface area contributed by atoms with E-state index < -0.39 is 0 Å². The molecular weight excluding hydrogens is 487 g/mol. The van der Waals surface area contributed by atoms with Gasteiger partial charge in [0.05, 0.1) is 13.3 Å².